The van der Waals surface area contributed by atoms with E-state index in [9.17, 15) is 18.3 Å². The number of hydrogen-bond acceptors (Lipinski definition) is 4. The van der Waals surface area contributed by atoms with Gasteiger partial charge in [0.1, 0.15) is 12.3 Å². The molecule has 0 atom stereocenters. The molecular formula is C21H27N2O4S+. The Morgan fingerprint density at radius 3 is 2.21 bits per heavy atom. The Morgan fingerprint density at radius 2 is 1.64 bits per heavy atom. The van der Waals surface area contributed by atoms with Gasteiger partial charge in [0.05, 0.1) is 31.1 Å². The van der Waals surface area contributed by atoms with Gasteiger partial charge < -0.3 is 10.0 Å². The molecule has 1 aliphatic rings. The monoisotopic (exact) mass is 403 g/mol. The van der Waals surface area contributed by atoms with E-state index in [1.165, 1.54) is 28.3 Å². The Bertz CT molecular complexity index is 976. The molecule has 0 aliphatic carbocycles. The summed E-state index contributed by atoms with van der Waals surface area (Å²) in [6.45, 7) is 8.34. The van der Waals surface area contributed by atoms with Crippen molar-refractivity contribution < 1.29 is 23.2 Å². The standard InChI is InChI=1S/C21H26N2O4S/c1-15-12-19(21(25)13-16(15)2)14-22-8-10-23(11-9-22)28(26,27)20-6-4-18(5-7-20)17(3)24/h4-7,12-13,25H,8-11,14H2,1-3H3/p+1. The Labute approximate surface area is 166 Å². The maximum absolute atomic E-state index is 12.9. The summed E-state index contributed by atoms with van der Waals surface area (Å²) >= 11 is 0. The number of hydrogen-bond donors (Lipinski definition) is 2. The highest BCUT2D eigenvalue weighted by atomic mass is 32.2. The fraction of sp³-hybridized carbons (Fsp3) is 0.381. The Balaban J connectivity index is 1.66. The average Bonchev–Trinajstić information content (AvgIpc) is 2.66. The number of phenols is 1. The van der Waals surface area contributed by atoms with Gasteiger partial charge in [-0.25, -0.2) is 8.42 Å². The molecule has 2 aromatic carbocycles. The first kappa shape index (κ1) is 20.5. The van der Waals surface area contributed by atoms with Gasteiger partial charge in [-0.1, -0.05) is 12.1 Å². The third kappa shape index (κ3) is 4.27. The summed E-state index contributed by atoms with van der Waals surface area (Å²) in [4.78, 5) is 12.8. The number of piperazine rings is 1. The largest absolute Gasteiger partial charge is 0.507 e. The van der Waals surface area contributed by atoms with Crippen molar-refractivity contribution in [1.82, 2.24) is 4.31 Å². The Kier molecular flexibility index (Phi) is 5.88. The molecule has 0 spiro atoms. The lowest BCUT2D eigenvalue weighted by molar-refractivity contribution is -0.917. The van der Waals surface area contributed by atoms with Crippen LogP contribution in [0.1, 0.15) is 34.0 Å². The van der Waals surface area contributed by atoms with Crippen molar-refractivity contribution in [1.29, 1.82) is 0 Å². The van der Waals surface area contributed by atoms with Gasteiger partial charge in [0.15, 0.2) is 5.78 Å². The molecule has 0 aromatic heterocycles. The van der Waals surface area contributed by atoms with Crippen molar-refractivity contribution in [2.75, 3.05) is 26.2 Å². The number of ketones is 1. The second-order valence-corrected chi connectivity index (χ2v) is 9.41. The Hall–Kier alpha value is -2.22. The van der Waals surface area contributed by atoms with Gasteiger partial charge in [-0.3, -0.25) is 4.79 Å². The molecule has 2 aromatic rings. The minimum atomic E-state index is -3.56. The number of carbonyl (C=O) groups excluding carboxylic acids is 1. The van der Waals surface area contributed by atoms with Gasteiger partial charge in [0, 0.05) is 11.1 Å². The molecule has 2 N–H and O–H groups in total. The zero-order valence-electron chi connectivity index (χ0n) is 16.5. The van der Waals surface area contributed by atoms with E-state index >= 15 is 0 Å². The summed E-state index contributed by atoms with van der Waals surface area (Å²) < 4.78 is 27.2. The summed E-state index contributed by atoms with van der Waals surface area (Å²) in [5.74, 6) is 0.215. The van der Waals surface area contributed by atoms with Crippen molar-refractivity contribution in [2.24, 2.45) is 0 Å². The fourth-order valence-electron chi connectivity index (χ4n) is 3.50. The molecular weight excluding hydrogens is 376 g/mol. The summed E-state index contributed by atoms with van der Waals surface area (Å²) in [6.07, 6.45) is 0. The molecule has 150 valence electrons. The molecule has 7 heteroatoms. The number of nitrogens with one attached hydrogen (secondary N) is 1. The molecule has 1 fully saturated rings. The van der Waals surface area contributed by atoms with Crippen molar-refractivity contribution in [3.8, 4) is 5.75 Å². The number of aryl methyl sites for hydroxylation is 2. The van der Waals surface area contributed by atoms with Crippen LogP contribution in [0.5, 0.6) is 5.75 Å². The van der Waals surface area contributed by atoms with Gasteiger partial charge in [0.25, 0.3) is 0 Å². The van der Waals surface area contributed by atoms with E-state index in [0.717, 1.165) is 16.7 Å². The number of Topliss-reactive ketones (excluding diaryl/α,β-unsaturated/α-hetero) is 1. The number of benzene rings is 2. The molecule has 0 bridgehead atoms. The van der Waals surface area contributed by atoms with Gasteiger partial charge >= 0.3 is 0 Å². The highest BCUT2D eigenvalue weighted by Crippen LogP contribution is 2.21. The van der Waals surface area contributed by atoms with E-state index in [-0.39, 0.29) is 10.7 Å². The number of sulfonamides is 1. The molecule has 1 aliphatic heterocycles. The minimum absolute atomic E-state index is 0.0873. The van der Waals surface area contributed by atoms with Crippen LogP contribution in [0, 0.1) is 13.8 Å². The molecule has 1 heterocycles. The van der Waals surface area contributed by atoms with Crippen LogP contribution in [0.25, 0.3) is 0 Å². The van der Waals surface area contributed by atoms with E-state index in [0.29, 0.717) is 44.0 Å². The van der Waals surface area contributed by atoms with E-state index < -0.39 is 10.0 Å². The molecule has 28 heavy (non-hydrogen) atoms. The second-order valence-electron chi connectivity index (χ2n) is 7.48. The summed E-state index contributed by atoms with van der Waals surface area (Å²) in [7, 11) is -3.56. The van der Waals surface area contributed by atoms with Crippen molar-refractivity contribution >= 4 is 15.8 Å². The number of aromatic hydroxyl groups is 1. The van der Waals surface area contributed by atoms with Crippen LogP contribution in [-0.2, 0) is 16.6 Å². The molecule has 1 saturated heterocycles. The zero-order chi connectivity index (χ0) is 20.5. The first-order valence-electron chi connectivity index (χ1n) is 9.42. The maximum atomic E-state index is 12.9. The normalized spacial score (nSPS) is 16.2. The molecule has 6 nitrogen and oxygen atoms in total. The van der Waals surface area contributed by atoms with Gasteiger partial charge in [0.2, 0.25) is 10.0 Å². The second kappa shape index (κ2) is 8.03. The van der Waals surface area contributed by atoms with Gasteiger partial charge in [-0.2, -0.15) is 4.31 Å². The van der Waals surface area contributed by atoms with Gasteiger partial charge in [-0.05, 0) is 56.2 Å². The van der Waals surface area contributed by atoms with E-state index in [2.05, 4.69) is 0 Å². The van der Waals surface area contributed by atoms with Crippen molar-refractivity contribution in [3.05, 3.63) is 58.7 Å². The zero-order valence-corrected chi connectivity index (χ0v) is 17.3. The smallest absolute Gasteiger partial charge is 0.243 e. The predicted molar refractivity (Wildman–Crippen MR) is 107 cm³/mol. The summed E-state index contributed by atoms with van der Waals surface area (Å²) in [6, 6.07) is 9.90. The molecule has 0 saturated carbocycles. The highest BCUT2D eigenvalue weighted by molar-refractivity contribution is 7.89. The topological polar surface area (TPSA) is 79.1 Å². The van der Waals surface area contributed by atoms with E-state index in [4.69, 9.17) is 0 Å². The first-order chi connectivity index (χ1) is 13.2. The number of phenolic OH excluding ortho intramolecular Hbond substituents is 1. The molecule has 0 amide bonds. The summed E-state index contributed by atoms with van der Waals surface area (Å²) in [5.41, 5.74) is 3.60. The first-order valence-corrected chi connectivity index (χ1v) is 10.9. The fourth-order valence-corrected chi connectivity index (χ4v) is 4.94. The van der Waals surface area contributed by atoms with Crippen LogP contribution in [-0.4, -0.2) is 49.8 Å². The van der Waals surface area contributed by atoms with Crippen molar-refractivity contribution in [2.45, 2.75) is 32.2 Å². The SMILES string of the molecule is CC(=O)c1ccc(S(=O)(=O)N2CC[NH+](Cc3cc(C)c(C)cc3O)CC2)cc1. The third-order valence-electron chi connectivity index (χ3n) is 5.46. The maximum Gasteiger partial charge on any atom is 0.243 e. The molecule has 3 rings (SSSR count). The van der Waals surface area contributed by atoms with Crippen LogP contribution in [0.15, 0.2) is 41.3 Å². The van der Waals surface area contributed by atoms with E-state index in [1.807, 2.05) is 19.9 Å². The van der Waals surface area contributed by atoms with Crippen LogP contribution in [0.4, 0.5) is 0 Å². The van der Waals surface area contributed by atoms with Crippen LogP contribution in [0.3, 0.4) is 0 Å². The predicted octanol–water partition coefficient (Wildman–Crippen LogP) is 1.30. The average molecular weight is 404 g/mol. The molecule has 0 unspecified atom stereocenters. The number of rotatable bonds is 5. The van der Waals surface area contributed by atoms with Gasteiger partial charge in [-0.15, -0.1) is 0 Å². The third-order valence-corrected chi connectivity index (χ3v) is 7.38. The van der Waals surface area contributed by atoms with Crippen LogP contribution in [0.2, 0.25) is 0 Å². The number of quaternary nitrogens is 1. The lowest BCUT2D eigenvalue weighted by Crippen LogP contribution is -3.13. The summed E-state index contributed by atoms with van der Waals surface area (Å²) in [5, 5.41) is 10.2. The minimum Gasteiger partial charge on any atom is -0.507 e. The highest BCUT2D eigenvalue weighted by Gasteiger charge is 2.30. The quantitative estimate of drug-likeness (QED) is 0.738. The molecule has 0 radical (unpaired) electrons. The lowest BCUT2D eigenvalue weighted by Gasteiger charge is -2.31. The Morgan fingerprint density at radius 1 is 1.07 bits per heavy atom. The van der Waals surface area contributed by atoms with Crippen LogP contribution < -0.4 is 4.90 Å². The lowest BCUT2D eigenvalue weighted by atomic mass is 10.0. The number of carbonyl (C=O) groups is 1. The van der Waals surface area contributed by atoms with E-state index in [1.54, 1.807) is 18.2 Å². The van der Waals surface area contributed by atoms with Crippen LogP contribution >= 0.6 is 0 Å². The van der Waals surface area contributed by atoms with Crippen molar-refractivity contribution in [3.63, 3.8) is 0 Å². The number of nitrogens with zero attached hydrogens (tertiary/aromatic N) is 1.